The van der Waals surface area contributed by atoms with Crippen molar-refractivity contribution in [1.82, 2.24) is 10.6 Å². The van der Waals surface area contributed by atoms with Gasteiger partial charge in [0.25, 0.3) is 0 Å². The number of ether oxygens (including phenoxy) is 2. The molecule has 0 aliphatic heterocycles. The third-order valence-corrected chi connectivity index (χ3v) is 4.52. The molecule has 0 aliphatic carbocycles. The van der Waals surface area contributed by atoms with Gasteiger partial charge >= 0.3 is 0 Å². The van der Waals surface area contributed by atoms with Gasteiger partial charge < -0.3 is 20.1 Å². The monoisotopic (exact) mass is 408 g/mol. The largest absolute Gasteiger partial charge is 0.497 e. The van der Waals surface area contributed by atoms with Crippen LogP contribution in [0.3, 0.4) is 0 Å². The fourth-order valence-corrected chi connectivity index (χ4v) is 3.02. The highest BCUT2D eigenvalue weighted by atomic mass is 79.9. The van der Waals surface area contributed by atoms with Gasteiger partial charge in [0, 0.05) is 6.54 Å². The van der Waals surface area contributed by atoms with Crippen LogP contribution in [0, 0.1) is 0 Å². The lowest BCUT2D eigenvalue weighted by molar-refractivity contribution is 0.412. The topological polar surface area (TPSA) is 42.5 Å². The van der Waals surface area contributed by atoms with Crippen molar-refractivity contribution >= 4 is 33.3 Å². The predicted molar refractivity (Wildman–Crippen MR) is 105 cm³/mol. The number of hydrogen-bond acceptors (Lipinski definition) is 3. The lowest BCUT2D eigenvalue weighted by atomic mass is 10.1. The normalized spacial score (nSPS) is 11.5. The molecular weight excluding hydrogens is 388 g/mol. The Morgan fingerprint density at radius 3 is 2.42 bits per heavy atom. The van der Waals surface area contributed by atoms with E-state index in [1.54, 1.807) is 14.2 Å². The molecule has 0 heterocycles. The van der Waals surface area contributed by atoms with Crippen LogP contribution in [-0.4, -0.2) is 19.3 Å². The summed E-state index contributed by atoms with van der Waals surface area (Å²) < 4.78 is 11.3. The Kier molecular flexibility index (Phi) is 6.87. The van der Waals surface area contributed by atoms with Crippen LogP contribution in [0.2, 0.25) is 0 Å². The predicted octanol–water partition coefficient (Wildman–Crippen LogP) is 4.19. The van der Waals surface area contributed by atoms with E-state index in [1.807, 2.05) is 42.5 Å². The number of rotatable bonds is 6. The van der Waals surface area contributed by atoms with Crippen molar-refractivity contribution in [2.24, 2.45) is 0 Å². The molecule has 6 heteroatoms. The van der Waals surface area contributed by atoms with Gasteiger partial charge in [0.1, 0.15) is 11.5 Å². The highest BCUT2D eigenvalue weighted by molar-refractivity contribution is 9.10. The van der Waals surface area contributed by atoms with Crippen LogP contribution in [-0.2, 0) is 6.54 Å². The van der Waals surface area contributed by atoms with Crippen molar-refractivity contribution in [1.29, 1.82) is 0 Å². The summed E-state index contributed by atoms with van der Waals surface area (Å²) >= 11 is 8.88. The van der Waals surface area contributed by atoms with Crippen LogP contribution in [0.5, 0.6) is 11.5 Å². The Morgan fingerprint density at radius 1 is 1.12 bits per heavy atom. The molecule has 2 rings (SSSR count). The number of hydrogen-bond donors (Lipinski definition) is 2. The van der Waals surface area contributed by atoms with Gasteiger partial charge in [0.15, 0.2) is 5.11 Å². The lowest BCUT2D eigenvalue weighted by Crippen LogP contribution is -2.36. The summed E-state index contributed by atoms with van der Waals surface area (Å²) in [5.74, 6) is 1.66. The van der Waals surface area contributed by atoms with Crippen LogP contribution in [0.4, 0.5) is 0 Å². The van der Waals surface area contributed by atoms with Gasteiger partial charge in [-0.15, -0.1) is 0 Å². The Labute approximate surface area is 156 Å². The number of thiocarbonyl (C=S) groups is 1. The van der Waals surface area contributed by atoms with Gasteiger partial charge in [-0.2, -0.15) is 0 Å². The van der Waals surface area contributed by atoms with Crippen LogP contribution >= 0.6 is 28.1 Å². The maximum Gasteiger partial charge on any atom is 0.167 e. The maximum atomic E-state index is 5.38. The average Bonchev–Trinajstić information content (AvgIpc) is 2.60. The minimum Gasteiger partial charge on any atom is -0.497 e. The molecule has 0 spiro atoms. The van der Waals surface area contributed by atoms with E-state index in [-0.39, 0.29) is 6.04 Å². The van der Waals surface area contributed by atoms with E-state index in [0.717, 1.165) is 27.1 Å². The fourth-order valence-electron chi connectivity index (χ4n) is 2.21. The Hall–Kier alpha value is -1.79. The second kappa shape index (κ2) is 8.89. The van der Waals surface area contributed by atoms with Crippen molar-refractivity contribution in [2.75, 3.05) is 14.2 Å². The molecule has 24 heavy (non-hydrogen) atoms. The zero-order valence-corrected chi connectivity index (χ0v) is 16.3. The third-order valence-electron chi connectivity index (χ3n) is 3.64. The summed E-state index contributed by atoms with van der Waals surface area (Å²) in [6.07, 6.45) is 0. The van der Waals surface area contributed by atoms with Crippen LogP contribution in [0.15, 0.2) is 46.9 Å². The second-order valence-electron chi connectivity index (χ2n) is 5.29. The van der Waals surface area contributed by atoms with E-state index >= 15 is 0 Å². The molecule has 4 nitrogen and oxygen atoms in total. The van der Waals surface area contributed by atoms with E-state index in [1.165, 1.54) is 0 Å². The molecular formula is C18H21BrN2O2S. The molecule has 1 atom stereocenters. The van der Waals surface area contributed by atoms with E-state index < -0.39 is 0 Å². The van der Waals surface area contributed by atoms with Crippen LogP contribution in [0.1, 0.15) is 24.1 Å². The maximum absolute atomic E-state index is 5.38. The fraction of sp³-hybridized carbons (Fsp3) is 0.278. The van der Waals surface area contributed by atoms with E-state index in [2.05, 4.69) is 33.5 Å². The van der Waals surface area contributed by atoms with Gasteiger partial charge in [-0.05, 0) is 70.5 Å². The molecule has 0 fully saturated rings. The standard InChI is InChI=1S/C18H21BrN2O2S/c1-12(14-6-9-17(23-3)16(19)10-14)21-18(24)20-11-13-4-7-15(22-2)8-5-13/h4-10,12H,11H2,1-3H3,(H2,20,21,24)/t12-/m0/s1. The molecule has 0 bridgehead atoms. The molecule has 2 N–H and O–H groups in total. The minimum absolute atomic E-state index is 0.0862. The van der Waals surface area contributed by atoms with E-state index in [4.69, 9.17) is 21.7 Å². The van der Waals surface area contributed by atoms with Crippen LogP contribution in [0.25, 0.3) is 0 Å². The quantitative estimate of drug-likeness (QED) is 0.701. The molecule has 2 aromatic rings. The molecule has 2 aromatic carbocycles. The van der Waals surface area contributed by atoms with Crippen molar-refractivity contribution < 1.29 is 9.47 Å². The zero-order valence-electron chi connectivity index (χ0n) is 13.9. The zero-order chi connectivity index (χ0) is 17.5. The molecule has 0 unspecified atom stereocenters. The highest BCUT2D eigenvalue weighted by Gasteiger charge is 2.09. The Balaban J connectivity index is 1.87. The molecule has 0 aromatic heterocycles. The number of methoxy groups -OCH3 is 2. The highest BCUT2D eigenvalue weighted by Crippen LogP contribution is 2.27. The summed E-state index contributed by atoms with van der Waals surface area (Å²) in [7, 11) is 3.31. The lowest BCUT2D eigenvalue weighted by Gasteiger charge is -2.18. The average molecular weight is 409 g/mol. The molecule has 0 saturated carbocycles. The van der Waals surface area contributed by atoms with Crippen molar-refractivity contribution in [3.8, 4) is 11.5 Å². The second-order valence-corrected chi connectivity index (χ2v) is 6.55. The smallest absolute Gasteiger partial charge is 0.167 e. The number of halogens is 1. The molecule has 0 aliphatic rings. The van der Waals surface area contributed by atoms with Gasteiger partial charge in [-0.1, -0.05) is 18.2 Å². The van der Waals surface area contributed by atoms with Crippen molar-refractivity contribution in [3.05, 3.63) is 58.1 Å². The summed E-state index contributed by atoms with van der Waals surface area (Å²) in [6.45, 7) is 2.73. The first-order chi connectivity index (χ1) is 11.5. The first-order valence-corrected chi connectivity index (χ1v) is 8.74. The molecule has 0 radical (unpaired) electrons. The van der Waals surface area contributed by atoms with Crippen molar-refractivity contribution in [3.63, 3.8) is 0 Å². The Morgan fingerprint density at radius 2 is 1.83 bits per heavy atom. The third kappa shape index (κ3) is 5.11. The van der Waals surface area contributed by atoms with Gasteiger partial charge in [-0.25, -0.2) is 0 Å². The van der Waals surface area contributed by atoms with E-state index in [9.17, 15) is 0 Å². The van der Waals surface area contributed by atoms with Crippen LogP contribution < -0.4 is 20.1 Å². The summed E-state index contributed by atoms with van der Waals surface area (Å²) in [4.78, 5) is 0. The van der Waals surface area contributed by atoms with E-state index in [0.29, 0.717) is 11.7 Å². The number of benzene rings is 2. The van der Waals surface area contributed by atoms with Gasteiger partial charge in [-0.3, -0.25) is 0 Å². The summed E-state index contributed by atoms with van der Waals surface area (Å²) in [6, 6.07) is 14.0. The molecule has 0 amide bonds. The van der Waals surface area contributed by atoms with Crippen molar-refractivity contribution in [2.45, 2.75) is 19.5 Å². The van der Waals surface area contributed by atoms with Gasteiger partial charge in [0.05, 0.1) is 24.7 Å². The SMILES string of the molecule is COc1ccc(CNC(=S)N[C@@H](C)c2ccc(OC)c(Br)c2)cc1. The van der Waals surface area contributed by atoms with Gasteiger partial charge in [0.2, 0.25) is 0 Å². The minimum atomic E-state index is 0.0862. The summed E-state index contributed by atoms with van der Waals surface area (Å²) in [5.41, 5.74) is 2.26. The molecule has 128 valence electrons. The molecule has 0 saturated heterocycles. The first-order valence-electron chi connectivity index (χ1n) is 7.54. The number of nitrogens with one attached hydrogen (secondary N) is 2. The first kappa shape index (κ1) is 18.5. The summed E-state index contributed by atoms with van der Waals surface area (Å²) in [5, 5.41) is 7.12. The Bertz CT molecular complexity index is 692.